The van der Waals surface area contributed by atoms with Crippen LogP contribution in [-0.4, -0.2) is 18.1 Å². The lowest BCUT2D eigenvalue weighted by atomic mass is 10.1. The summed E-state index contributed by atoms with van der Waals surface area (Å²) < 4.78 is 31.6. The van der Waals surface area contributed by atoms with Crippen molar-refractivity contribution in [3.05, 3.63) is 54.6 Å². The van der Waals surface area contributed by atoms with Gasteiger partial charge >= 0.3 is 0 Å². The van der Waals surface area contributed by atoms with Gasteiger partial charge in [0.1, 0.15) is 11.4 Å². The van der Waals surface area contributed by atoms with Gasteiger partial charge in [0.05, 0.1) is 10.6 Å². The van der Waals surface area contributed by atoms with E-state index in [2.05, 4.69) is 22.9 Å². The predicted molar refractivity (Wildman–Crippen MR) is 93.3 cm³/mol. The topological polar surface area (TPSA) is 99.3 Å². The average molecular weight is 360 g/mol. The Balaban J connectivity index is 2.14. The predicted octanol–water partition coefficient (Wildman–Crippen LogP) is 4.50. The highest BCUT2D eigenvalue weighted by atomic mass is 32.2. The highest BCUT2D eigenvalue weighted by molar-refractivity contribution is 7.85. The summed E-state index contributed by atoms with van der Waals surface area (Å²) in [7, 11) is -4.30. The molecule has 3 aromatic rings. The Labute approximate surface area is 143 Å². The molecule has 0 fully saturated rings. The molecule has 6 nitrogen and oxygen atoms in total. The summed E-state index contributed by atoms with van der Waals surface area (Å²) in [6.07, 6.45) is 0. The van der Waals surface area contributed by atoms with Gasteiger partial charge in [-0.05, 0) is 35.7 Å². The van der Waals surface area contributed by atoms with E-state index in [4.69, 9.17) is 4.55 Å². The zero-order chi connectivity index (χ0) is 17.3. The number of azo groups is 1. The van der Waals surface area contributed by atoms with Crippen LogP contribution in [0.4, 0.5) is 11.4 Å². The Morgan fingerprint density at radius 3 is 2.42 bits per heavy atom. The number of benzene rings is 3. The number of hydrogen-bond acceptors (Lipinski definition) is 6. The maximum absolute atomic E-state index is 11.2. The summed E-state index contributed by atoms with van der Waals surface area (Å²) in [5, 5.41) is 19.2. The molecule has 0 unspecified atom stereocenters. The first-order valence-corrected chi connectivity index (χ1v) is 8.68. The fourth-order valence-electron chi connectivity index (χ4n) is 2.20. The van der Waals surface area contributed by atoms with Crippen LogP contribution in [0.25, 0.3) is 10.8 Å². The van der Waals surface area contributed by atoms with Gasteiger partial charge in [-0.3, -0.25) is 4.55 Å². The van der Waals surface area contributed by atoms with Crippen LogP contribution in [0.1, 0.15) is 0 Å². The third-order valence-electron chi connectivity index (χ3n) is 3.38. The molecule has 122 valence electrons. The number of aromatic hydroxyl groups is 1. The Morgan fingerprint density at radius 1 is 0.958 bits per heavy atom. The van der Waals surface area contributed by atoms with Crippen LogP contribution in [-0.2, 0) is 10.1 Å². The fraction of sp³-hybridized carbons (Fsp3) is 0. The van der Waals surface area contributed by atoms with Crippen LogP contribution in [0, 0.1) is 0 Å². The smallest absolute Gasteiger partial charge is 0.294 e. The molecule has 0 radical (unpaired) electrons. The zero-order valence-corrected chi connectivity index (χ0v) is 13.9. The lowest BCUT2D eigenvalue weighted by Crippen LogP contribution is -1.97. The molecule has 2 N–H and O–H groups in total. The quantitative estimate of drug-likeness (QED) is 0.364. The minimum Gasteiger partial charge on any atom is -0.506 e. The molecular formula is C16H12N2O4S2. The molecule has 0 aliphatic carbocycles. The van der Waals surface area contributed by atoms with E-state index in [1.54, 1.807) is 18.2 Å². The van der Waals surface area contributed by atoms with E-state index < -0.39 is 10.1 Å². The number of phenols is 1. The van der Waals surface area contributed by atoms with Crippen LogP contribution in [0.5, 0.6) is 5.75 Å². The van der Waals surface area contributed by atoms with Gasteiger partial charge in [0.2, 0.25) is 0 Å². The van der Waals surface area contributed by atoms with E-state index >= 15 is 0 Å². The molecule has 0 aliphatic heterocycles. The molecule has 0 saturated carbocycles. The van der Waals surface area contributed by atoms with Crippen molar-refractivity contribution in [1.29, 1.82) is 0 Å². The first kappa shape index (κ1) is 16.4. The second kappa shape index (κ2) is 6.23. The Hall–Kier alpha value is -2.42. The molecule has 8 heteroatoms. The number of hydrogen-bond donors (Lipinski definition) is 3. The number of rotatable bonds is 3. The molecule has 0 saturated heterocycles. The van der Waals surface area contributed by atoms with E-state index in [0.717, 1.165) is 0 Å². The fourth-order valence-corrected chi connectivity index (χ4v) is 2.92. The van der Waals surface area contributed by atoms with E-state index in [1.165, 1.54) is 30.3 Å². The van der Waals surface area contributed by atoms with E-state index in [1.807, 2.05) is 6.07 Å². The Kier molecular flexibility index (Phi) is 4.27. The van der Waals surface area contributed by atoms with Crippen molar-refractivity contribution >= 4 is 44.9 Å². The molecule has 0 amide bonds. The van der Waals surface area contributed by atoms with Crippen molar-refractivity contribution in [2.45, 2.75) is 9.79 Å². The summed E-state index contributed by atoms with van der Waals surface area (Å²) in [5.74, 6) is -0.0949. The maximum atomic E-state index is 11.2. The van der Waals surface area contributed by atoms with E-state index in [0.29, 0.717) is 21.4 Å². The molecule has 0 aromatic heterocycles. The lowest BCUT2D eigenvalue weighted by molar-refractivity contribution is 0.477. The zero-order valence-electron chi connectivity index (χ0n) is 12.2. The Bertz CT molecular complexity index is 1060. The van der Waals surface area contributed by atoms with Gasteiger partial charge in [0.25, 0.3) is 10.1 Å². The van der Waals surface area contributed by atoms with Crippen molar-refractivity contribution in [3.8, 4) is 5.75 Å². The van der Waals surface area contributed by atoms with Crippen molar-refractivity contribution in [2.75, 3.05) is 0 Å². The highest BCUT2D eigenvalue weighted by Gasteiger charge is 2.13. The molecular weight excluding hydrogens is 348 g/mol. The van der Waals surface area contributed by atoms with Gasteiger partial charge in [0.15, 0.2) is 0 Å². The van der Waals surface area contributed by atoms with E-state index in [9.17, 15) is 13.5 Å². The summed E-state index contributed by atoms with van der Waals surface area (Å²) in [5.41, 5.74) is 0.734. The monoisotopic (exact) mass is 360 g/mol. The van der Waals surface area contributed by atoms with Crippen LogP contribution >= 0.6 is 12.6 Å². The molecule has 3 rings (SSSR count). The highest BCUT2D eigenvalue weighted by Crippen LogP contribution is 2.37. The number of thiol groups is 1. The second-order valence-electron chi connectivity index (χ2n) is 4.98. The normalized spacial score (nSPS) is 12.1. The molecule has 24 heavy (non-hydrogen) atoms. The molecule has 0 atom stereocenters. The molecule has 0 heterocycles. The van der Waals surface area contributed by atoms with Crippen LogP contribution < -0.4 is 0 Å². The largest absolute Gasteiger partial charge is 0.506 e. The van der Waals surface area contributed by atoms with Gasteiger partial charge in [0, 0.05) is 10.3 Å². The minimum absolute atomic E-state index is 0.0949. The van der Waals surface area contributed by atoms with Crippen LogP contribution in [0.3, 0.4) is 0 Å². The number of phenolic OH excluding ortho intramolecular Hbond substituents is 1. The van der Waals surface area contributed by atoms with Crippen molar-refractivity contribution < 1.29 is 18.1 Å². The van der Waals surface area contributed by atoms with Crippen molar-refractivity contribution in [2.24, 2.45) is 10.2 Å². The number of nitrogens with zero attached hydrogens (tertiary/aromatic N) is 2. The van der Waals surface area contributed by atoms with Gasteiger partial charge in [-0.1, -0.05) is 24.3 Å². The number of fused-ring (bicyclic) bond motifs is 1. The third-order valence-corrected chi connectivity index (χ3v) is 4.61. The summed E-state index contributed by atoms with van der Waals surface area (Å²) in [4.78, 5) is 0.402. The molecule has 0 bridgehead atoms. The van der Waals surface area contributed by atoms with Gasteiger partial charge in [-0.15, -0.1) is 22.9 Å². The SMILES string of the molecule is O=S(=O)(O)c1ccc2c(N=Nc3ccccc3S)c(O)ccc2c1. The van der Waals surface area contributed by atoms with Crippen molar-refractivity contribution in [1.82, 2.24) is 0 Å². The summed E-state index contributed by atoms with van der Waals surface area (Å²) in [6, 6.07) is 14.0. The van der Waals surface area contributed by atoms with Crippen LogP contribution in [0.2, 0.25) is 0 Å². The lowest BCUT2D eigenvalue weighted by Gasteiger charge is -2.06. The minimum atomic E-state index is -4.30. The average Bonchev–Trinajstić information content (AvgIpc) is 2.54. The Morgan fingerprint density at radius 2 is 1.71 bits per heavy atom. The van der Waals surface area contributed by atoms with Gasteiger partial charge in [-0.2, -0.15) is 8.42 Å². The molecule has 0 aliphatic rings. The molecule has 3 aromatic carbocycles. The summed E-state index contributed by atoms with van der Waals surface area (Å²) >= 11 is 4.28. The van der Waals surface area contributed by atoms with Crippen molar-refractivity contribution in [3.63, 3.8) is 0 Å². The van der Waals surface area contributed by atoms with Gasteiger partial charge in [-0.25, -0.2) is 0 Å². The van der Waals surface area contributed by atoms with E-state index in [-0.39, 0.29) is 16.3 Å². The molecule has 0 spiro atoms. The second-order valence-corrected chi connectivity index (χ2v) is 6.88. The summed E-state index contributed by atoms with van der Waals surface area (Å²) in [6.45, 7) is 0. The third kappa shape index (κ3) is 3.25. The standard InChI is InChI=1S/C16H12N2O4S2/c19-14-8-5-10-9-11(24(20,21)22)6-7-12(10)16(14)18-17-13-3-1-2-4-15(13)23/h1-9,19,23H,(H,20,21,22). The maximum Gasteiger partial charge on any atom is 0.294 e. The first-order valence-electron chi connectivity index (χ1n) is 6.79. The first-order chi connectivity index (χ1) is 11.4. The van der Waals surface area contributed by atoms with Crippen LogP contribution in [0.15, 0.2) is 74.6 Å². The van der Waals surface area contributed by atoms with Gasteiger partial charge < -0.3 is 5.11 Å².